The Hall–Kier alpha value is -1.14. The first kappa shape index (κ1) is 17.7. The normalized spacial score (nSPS) is 26.8. The van der Waals surface area contributed by atoms with Gasteiger partial charge in [-0.25, -0.2) is 0 Å². The molecule has 0 saturated carbocycles. The highest BCUT2D eigenvalue weighted by molar-refractivity contribution is 5.79. The Kier molecular flexibility index (Phi) is 6.11. The molecule has 136 valence electrons. The number of hydrogen-bond donors (Lipinski definition) is 0. The van der Waals surface area contributed by atoms with Gasteiger partial charge in [0.1, 0.15) is 6.61 Å². The van der Waals surface area contributed by atoms with E-state index in [1.54, 1.807) is 7.11 Å². The second-order valence-corrected chi connectivity index (χ2v) is 7.41. The Morgan fingerprint density at radius 3 is 2.29 bits per heavy atom. The third-order valence-corrected chi connectivity index (χ3v) is 5.82. The van der Waals surface area contributed by atoms with Gasteiger partial charge in [0.25, 0.3) is 0 Å². The minimum absolute atomic E-state index is 0.0941. The highest BCUT2D eigenvalue weighted by Gasteiger charge is 2.34. The summed E-state index contributed by atoms with van der Waals surface area (Å²) >= 11 is 0. The fourth-order valence-electron chi connectivity index (χ4n) is 4.43. The second kappa shape index (κ2) is 8.30. The van der Waals surface area contributed by atoms with Crippen LogP contribution in [-0.4, -0.2) is 85.5 Å². The van der Waals surface area contributed by atoms with Crippen LogP contribution in [0.5, 0.6) is 0 Å². The number of piperidine rings is 2. The highest BCUT2D eigenvalue weighted by atomic mass is 16.5. The molecule has 6 heteroatoms. The molecular weight excluding hydrogens is 306 g/mol. The van der Waals surface area contributed by atoms with Gasteiger partial charge in [-0.15, -0.1) is 0 Å². The summed E-state index contributed by atoms with van der Waals surface area (Å²) < 4.78 is 4.95. The van der Waals surface area contributed by atoms with Gasteiger partial charge in [0, 0.05) is 45.9 Å². The van der Waals surface area contributed by atoms with Crippen molar-refractivity contribution >= 4 is 11.8 Å². The van der Waals surface area contributed by atoms with Crippen molar-refractivity contribution in [2.45, 2.75) is 44.6 Å². The molecule has 3 heterocycles. The summed E-state index contributed by atoms with van der Waals surface area (Å²) in [5.41, 5.74) is 0. The lowest BCUT2D eigenvalue weighted by atomic mass is 9.93. The SMILES string of the molecule is COCC(=O)N1CCC(N2CCC[C@H](C(=O)N3CCCC3)C2)CC1. The van der Waals surface area contributed by atoms with Crippen LogP contribution in [0.2, 0.25) is 0 Å². The lowest BCUT2D eigenvalue weighted by Crippen LogP contribution is -2.52. The number of nitrogens with zero attached hydrogens (tertiary/aromatic N) is 3. The minimum Gasteiger partial charge on any atom is -0.375 e. The monoisotopic (exact) mass is 337 g/mol. The smallest absolute Gasteiger partial charge is 0.248 e. The summed E-state index contributed by atoms with van der Waals surface area (Å²) in [7, 11) is 1.57. The summed E-state index contributed by atoms with van der Waals surface area (Å²) in [5.74, 6) is 0.659. The number of ether oxygens (including phenoxy) is 1. The number of carbonyl (C=O) groups is 2. The largest absolute Gasteiger partial charge is 0.375 e. The van der Waals surface area contributed by atoms with Gasteiger partial charge in [0.05, 0.1) is 5.92 Å². The molecule has 0 aliphatic carbocycles. The van der Waals surface area contributed by atoms with Gasteiger partial charge in [0.15, 0.2) is 0 Å². The van der Waals surface area contributed by atoms with Crippen LogP contribution in [0, 0.1) is 5.92 Å². The van der Waals surface area contributed by atoms with E-state index in [-0.39, 0.29) is 18.4 Å². The molecule has 3 aliphatic rings. The molecule has 3 saturated heterocycles. The maximum absolute atomic E-state index is 12.7. The first-order chi connectivity index (χ1) is 11.7. The molecule has 0 aromatic carbocycles. The van der Waals surface area contributed by atoms with Crippen LogP contribution in [0.25, 0.3) is 0 Å². The van der Waals surface area contributed by atoms with Crippen molar-refractivity contribution in [3.05, 3.63) is 0 Å². The molecule has 0 N–H and O–H groups in total. The Bertz CT molecular complexity index is 443. The molecule has 0 aromatic heterocycles. The second-order valence-electron chi connectivity index (χ2n) is 7.41. The molecule has 24 heavy (non-hydrogen) atoms. The summed E-state index contributed by atoms with van der Waals surface area (Å²) in [6.07, 6.45) is 6.51. The predicted molar refractivity (Wildman–Crippen MR) is 91.6 cm³/mol. The molecule has 6 nitrogen and oxygen atoms in total. The van der Waals surface area contributed by atoms with Crippen LogP contribution in [0.4, 0.5) is 0 Å². The molecule has 3 aliphatic heterocycles. The summed E-state index contributed by atoms with van der Waals surface area (Å²) in [6.45, 7) is 5.72. The van der Waals surface area contributed by atoms with Gasteiger partial charge in [0.2, 0.25) is 11.8 Å². The van der Waals surface area contributed by atoms with E-state index in [0.29, 0.717) is 11.9 Å². The maximum Gasteiger partial charge on any atom is 0.248 e. The van der Waals surface area contributed by atoms with Crippen LogP contribution in [0.1, 0.15) is 38.5 Å². The molecule has 0 aromatic rings. The van der Waals surface area contributed by atoms with Crippen LogP contribution in [-0.2, 0) is 14.3 Å². The van der Waals surface area contributed by atoms with E-state index in [1.807, 2.05) is 4.90 Å². The molecular formula is C18H31N3O3. The molecule has 3 rings (SSSR count). The number of amides is 2. The van der Waals surface area contributed by atoms with E-state index in [0.717, 1.165) is 77.8 Å². The molecule has 2 amide bonds. The van der Waals surface area contributed by atoms with Crippen molar-refractivity contribution in [3.63, 3.8) is 0 Å². The fourth-order valence-corrected chi connectivity index (χ4v) is 4.43. The lowest BCUT2D eigenvalue weighted by Gasteiger charge is -2.42. The van der Waals surface area contributed by atoms with Crippen LogP contribution in [0.3, 0.4) is 0 Å². The van der Waals surface area contributed by atoms with Crippen molar-refractivity contribution in [2.24, 2.45) is 5.92 Å². The van der Waals surface area contributed by atoms with Gasteiger partial charge in [-0.3, -0.25) is 14.5 Å². The van der Waals surface area contributed by atoms with Gasteiger partial charge in [-0.1, -0.05) is 0 Å². The van der Waals surface area contributed by atoms with Gasteiger partial charge < -0.3 is 14.5 Å². The van der Waals surface area contributed by atoms with Crippen LogP contribution in [0.15, 0.2) is 0 Å². The molecule has 0 unspecified atom stereocenters. The number of carbonyl (C=O) groups excluding carboxylic acids is 2. The lowest BCUT2D eigenvalue weighted by molar-refractivity contribution is -0.137. The standard InChI is InChI=1S/C18H31N3O3/c1-24-14-17(22)19-11-6-16(7-12-19)21-10-4-5-15(13-21)18(23)20-8-2-3-9-20/h15-16H,2-14H2,1H3/t15-/m0/s1. The summed E-state index contributed by atoms with van der Waals surface area (Å²) in [4.78, 5) is 31.1. The Morgan fingerprint density at radius 2 is 1.62 bits per heavy atom. The van der Waals surface area contributed by atoms with Crippen LogP contribution >= 0.6 is 0 Å². The zero-order chi connectivity index (χ0) is 16.9. The first-order valence-corrected chi connectivity index (χ1v) is 9.48. The molecule has 3 fully saturated rings. The number of methoxy groups -OCH3 is 1. The number of rotatable bonds is 4. The van der Waals surface area contributed by atoms with Crippen molar-refractivity contribution < 1.29 is 14.3 Å². The van der Waals surface area contributed by atoms with E-state index < -0.39 is 0 Å². The van der Waals surface area contributed by atoms with E-state index in [9.17, 15) is 9.59 Å². The zero-order valence-electron chi connectivity index (χ0n) is 14.9. The van der Waals surface area contributed by atoms with Crippen LogP contribution < -0.4 is 0 Å². The van der Waals surface area contributed by atoms with Crippen molar-refractivity contribution in [1.82, 2.24) is 14.7 Å². The van der Waals surface area contributed by atoms with E-state index in [2.05, 4.69) is 9.80 Å². The third-order valence-electron chi connectivity index (χ3n) is 5.82. The first-order valence-electron chi connectivity index (χ1n) is 9.48. The zero-order valence-corrected chi connectivity index (χ0v) is 14.9. The number of hydrogen-bond acceptors (Lipinski definition) is 4. The minimum atomic E-state index is 0.0941. The number of likely N-dealkylation sites (tertiary alicyclic amines) is 3. The van der Waals surface area contributed by atoms with E-state index in [1.165, 1.54) is 0 Å². The topological polar surface area (TPSA) is 53.1 Å². The average molecular weight is 337 g/mol. The highest BCUT2D eigenvalue weighted by Crippen LogP contribution is 2.26. The summed E-state index contributed by atoms with van der Waals surface area (Å²) in [6, 6.07) is 0.519. The Morgan fingerprint density at radius 1 is 0.917 bits per heavy atom. The van der Waals surface area contributed by atoms with E-state index in [4.69, 9.17) is 4.74 Å². The summed E-state index contributed by atoms with van der Waals surface area (Å²) in [5, 5.41) is 0. The predicted octanol–water partition coefficient (Wildman–Crippen LogP) is 0.958. The van der Waals surface area contributed by atoms with E-state index >= 15 is 0 Å². The van der Waals surface area contributed by atoms with Gasteiger partial charge >= 0.3 is 0 Å². The molecule has 0 spiro atoms. The average Bonchev–Trinajstić information content (AvgIpc) is 3.16. The molecule has 0 radical (unpaired) electrons. The van der Waals surface area contributed by atoms with Gasteiger partial charge in [-0.2, -0.15) is 0 Å². The quantitative estimate of drug-likeness (QED) is 0.767. The van der Waals surface area contributed by atoms with Crippen molar-refractivity contribution in [2.75, 3.05) is 53.0 Å². The molecule has 1 atom stereocenters. The fraction of sp³-hybridized carbons (Fsp3) is 0.889. The Balaban J connectivity index is 1.48. The molecule has 0 bridgehead atoms. The Labute approximate surface area is 145 Å². The van der Waals surface area contributed by atoms with Crippen molar-refractivity contribution in [3.8, 4) is 0 Å². The third kappa shape index (κ3) is 4.09. The van der Waals surface area contributed by atoms with Crippen molar-refractivity contribution in [1.29, 1.82) is 0 Å². The van der Waals surface area contributed by atoms with Gasteiger partial charge in [-0.05, 0) is 45.1 Å². The maximum atomic E-state index is 12.7.